The van der Waals surface area contributed by atoms with Gasteiger partial charge in [0.15, 0.2) is 0 Å². The van der Waals surface area contributed by atoms with E-state index >= 15 is 0 Å². The van der Waals surface area contributed by atoms with Crippen LogP contribution in [-0.2, 0) is 6.54 Å². The van der Waals surface area contributed by atoms with Gasteiger partial charge in [0.1, 0.15) is 0 Å². The summed E-state index contributed by atoms with van der Waals surface area (Å²) in [6.45, 7) is 5.51. The largest absolute Gasteiger partial charge is 0.315 e. The van der Waals surface area contributed by atoms with Crippen LogP contribution < -0.4 is 10.6 Å². The molecule has 0 aliphatic carbocycles. The van der Waals surface area contributed by atoms with Crippen LogP contribution in [0.4, 0.5) is 0 Å². The van der Waals surface area contributed by atoms with Crippen LogP contribution in [0.1, 0.15) is 12.0 Å². The molecular formula is C14H23N3. The first kappa shape index (κ1) is 12.6. The minimum absolute atomic E-state index is 0.681. The molecule has 1 unspecified atom stereocenters. The Bertz CT molecular complexity index is 307. The zero-order valence-electron chi connectivity index (χ0n) is 10.7. The summed E-state index contributed by atoms with van der Waals surface area (Å²) in [7, 11) is 2.18. The van der Waals surface area contributed by atoms with Crippen LogP contribution >= 0.6 is 0 Å². The maximum Gasteiger partial charge on any atom is 0.0231 e. The van der Waals surface area contributed by atoms with Gasteiger partial charge in [-0.1, -0.05) is 30.3 Å². The van der Waals surface area contributed by atoms with Crippen molar-refractivity contribution in [1.29, 1.82) is 0 Å². The average molecular weight is 233 g/mol. The Labute approximate surface area is 104 Å². The lowest BCUT2D eigenvalue weighted by atomic mass is 10.2. The van der Waals surface area contributed by atoms with Crippen molar-refractivity contribution in [3.8, 4) is 0 Å². The molecule has 0 aromatic heterocycles. The van der Waals surface area contributed by atoms with Crippen molar-refractivity contribution in [1.82, 2.24) is 15.5 Å². The van der Waals surface area contributed by atoms with Crippen molar-refractivity contribution in [2.24, 2.45) is 0 Å². The van der Waals surface area contributed by atoms with Crippen LogP contribution in [-0.4, -0.2) is 44.2 Å². The average Bonchev–Trinajstić information content (AvgIpc) is 2.83. The van der Waals surface area contributed by atoms with Gasteiger partial charge in [-0.15, -0.1) is 0 Å². The molecule has 1 aromatic rings. The molecule has 1 heterocycles. The molecule has 0 saturated carbocycles. The number of hydrogen-bond acceptors (Lipinski definition) is 3. The van der Waals surface area contributed by atoms with Crippen LogP contribution in [0.5, 0.6) is 0 Å². The predicted octanol–water partition coefficient (Wildman–Crippen LogP) is 1.07. The van der Waals surface area contributed by atoms with E-state index in [0.717, 1.165) is 32.7 Å². The summed E-state index contributed by atoms with van der Waals surface area (Å²) >= 11 is 0. The standard InChI is InChI=1S/C14H23N3/c1-17(12-13-5-3-2-4-6-13)10-9-16-14-7-8-15-11-14/h2-6,14-16H,7-12H2,1H3. The number of benzene rings is 1. The molecule has 1 saturated heterocycles. The summed E-state index contributed by atoms with van der Waals surface area (Å²) in [4.78, 5) is 2.37. The van der Waals surface area contributed by atoms with Gasteiger partial charge in [-0.05, 0) is 25.6 Å². The second-order valence-corrected chi connectivity index (χ2v) is 4.87. The third-order valence-corrected chi connectivity index (χ3v) is 3.28. The fourth-order valence-corrected chi connectivity index (χ4v) is 2.26. The van der Waals surface area contributed by atoms with E-state index in [-0.39, 0.29) is 0 Å². The maximum absolute atomic E-state index is 3.59. The lowest BCUT2D eigenvalue weighted by Gasteiger charge is -2.18. The summed E-state index contributed by atoms with van der Waals surface area (Å²) < 4.78 is 0. The van der Waals surface area contributed by atoms with E-state index < -0.39 is 0 Å². The molecule has 1 atom stereocenters. The SMILES string of the molecule is CN(CCNC1CCNC1)Cc1ccccc1. The third kappa shape index (κ3) is 4.46. The first-order chi connectivity index (χ1) is 8.34. The van der Waals surface area contributed by atoms with Gasteiger partial charge in [0.05, 0.1) is 0 Å². The summed E-state index contributed by atoms with van der Waals surface area (Å²) in [5.41, 5.74) is 1.39. The minimum Gasteiger partial charge on any atom is -0.315 e. The Hall–Kier alpha value is -0.900. The molecule has 17 heavy (non-hydrogen) atoms. The van der Waals surface area contributed by atoms with E-state index in [1.54, 1.807) is 0 Å². The zero-order valence-corrected chi connectivity index (χ0v) is 10.7. The van der Waals surface area contributed by atoms with Crippen molar-refractivity contribution < 1.29 is 0 Å². The van der Waals surface area contributed by atoms with Gasteiger partial charge in [0, 0.05) is 32.2 Å². The molecule has 94 valence electrons. The van der Waals surface area contributed by atoms with Gasteiger partial charge in [-0.3, -0.25) is 0 Å². The number of likely N-dealkylation sites (N-methyl/N-ethyl adjacent to an activating group) is 1. The van der Waals surface area contributed by atoms with Gasteiger partial charge >= 0.3 is 0 Å². The van der Waals surface area contributed by atoms with Gasteiger partial charge < -0.3 is 15.5 Å². The molecule has 1 aromatic carbocycles. The second kappa shape index (κ2) is 6.74. The maximum atomic E-state index is 3.59. The molecule has 3 heteroatoms. The van der Waals surface area contributed by atoms with Crippen molar-refractivity contribution in [2.75, 3.05) is 33.2 Å². The minimum atomic E-state index is 0.681. The molecule has 1 aliphatic rings. The summed E-state index contributed by atoms with van der Waals surface area (Å²) in [6, 6.07) is 11.3. The molecular weight excluding hydrogens is 210 g/mol. The normalized spacial score (nSPS) is 20.0. The highest BCUT2D eigenvalue weighted by atomic mass is 15.1. The quantitative estimate of drug-likeness (QED) is 0.769. The number of hydrogen-bond donors (Lipinski definition) is 2. The topological polar surface area (TPSA) is 27.3 Å². The molecule has 0 amide bonds. The van der Waals surface area contributed by atoms with E-state index in [2.05, 4.69) is 52.9 Å². The highest BCUT2D eigenvalue weighted by molar-refractivity contribution is 5.14. The Morgan fingerprint density at radius 3 is 2.88 bits per heavy atom. The van der Waals surface area contributed by atoms with Crippen LogP contribution in [0.15, 0.2) is 30.3 Å². The van der Waals surface area contributed by atoms with Crippen LogP contribution in [0.25, 0.3) is 0 Å². The molecule has 0 spiro atoms. The van der Waals surface area contributed by atoms with E-state index in [4.69, 9.17) is 0 Å². The molecule has 1 fully saturated rings. The van der Waals surface area contributed by atoms with Crippen LogP contribution in [0.2, 0.25) is 0 Å². The summed E-state index contributed by atoms with van der Waals surface area (Å²) in [5, 5.41) is 6.97. The number of nitrogens with one attached hydrogen (secondary N) is 2. The molecule has 1 aliphatic heterocycles. The van der Waals surface area contributed by atoms with Gasteiger partial charge in [0.25, 0.3) is 0 Å². The highest BCUT2D eigenvalue weighted by Crippen LogP contribution is 2.02. The summed E-state index contributed by atoms with van der Waals surface area (Å²) in [6.07, 6.45) is 1.27. The monoisotopic (exact) mass is 233 g/mol. The molecule has 0 radical (unpaired) electrons. The van der Waals surface area contributed by atoms with E-state index in [0.29, 0.717) is 6.04 Å². The van der Waals surface area contributed by atoms with Gasteiger partial charge in [-0.25, -0.2) is 0 Å². The van der Waals surface area contributed by atoms with Gasteiger partial charge in [-0.2, -0.15) is 0 Å². The van der Waals surface area contributed by atoms with E-state index in [1.807, 2.05) is 0 Å². The highest BCUT2D eigenvalue weighted by Gasteiger charge is 2.12. The predicted molar refractivity (Wildman–Crippen MR) is 72.1 cm³/mol. The molecule has 2 N–H and O–H groups in total. The summed E-state index contributed by atoms with van der Waals surface area (Å²) in [5.74, 6) is 0. The smallest absolute Gasteiger partial charge is 0.0231 e. The Morgan fingerprint density at radius 1 is 1.35 bits per heavy atom. The van der Waals surface area contributed by atoms with Crippen molar-refractivity contribution in [3.05, 3.63) is 35.9 Å². The fourth-order valence-electron chi connectivity index (χ4n) is 2.26. The first-order valence-electron chi connectivity index (χ1n) is 6.51. The van der Waals surface area contributed by atoms with E-state index in [1.165, 1.54) is 12.0 Å². The Kier molecular flexibility index (Phi) is 4.98. The molecule has 0 bridgehead atoms. The molecule has 3 nitrogen and oxygen atoms in total. The van der Waals surface area contributed by atoms with Crippen LogP contribution in [0, 0.1) is 0 Å². The number of nitrogens with zero attached hydrogens (tertiary/aromatic N) is 1. The Balaban J connectivity index is 1.62. The van der Waals surface area contributed by atoms with E-state index in [9.17, 15) is 0 Å². The third-order valence-electron chi connectivity index (χ3n) is 3.28. The lowest BCUT2D eigenvalue weighted by molar-refractivity contribution is 0.318. The zero-order chi connectivity index (χ0) is 11.9. The second-order valence-electron chi connectivity index (χ2n) is 4.87. The first-order valence-corrected chi connectivity index (χ1v) is 6.51. The fraction of sp³-hybridized carbons (Fsp3) is 0.571. The lowest BCUT2D eigenvalue weighted by Crippen LogP contribution is -2.36. The molecule has 2 rings (SSSR count). The van der Waals surface area contributed by atoms with Gasteiger partial charge in [0.2, 0.25) is 0 Å². The number of rotatable bonds is 6. The van der Waals surface area contributed by atoms with Crippen molar-refractivity contribution >= 4 is 0 Å². The van der Waals surface area contributed by atoms with Crippen molar-refractivity contribution in [3.63, 3.8) is 0 Å². The Morgan fingerprint density at radius 2 is 2.18 bits per heavy atom. The van der Waals surface area contributed by atoms with Crippen LogP contribution in [0.3, 0.4) is 0 Å². The van der Waals surface area contributed by atoms with Crippen molar-refractivity contribution in [2.45, 2.75) is 19.0 Å².